The van der Waals surface area contributed by atoms with Crippen molar-refractivity contribution in [2.75, 3.05) is 17.3 Å². The van der Waals surface area contributed by atoms with E-state index in [9.17, 15) is 9.59 Å². The molecule has 12 heteroatoms. The van der Waals surface area contributed by atoms with Crippen LogP contribution in [0.1, 0.15) is 47.6 Å². The van der Waals surface area contributed by atoms with Crippen molar-refractivity contribution in [2.45, 2.75) is 34.6 Å². The van der Waals surface area contributed by atoms with Gasteiger partial charge in [-0.2, -0.15) is 0 Å². The smallest absolute Gasteiger partial charge is 0.267 e. The van der Waals surface area contributed by atoms with Crippen molar-refractivity contribution < 1.29 is 9.59 Å². The number of nitrogens with two attached hydrogens (primary N) is 1. The van der Waals surface area contributed by atoms with Gasteiger partial charge in [0.2, 0.25) is 0 Å². The summed E-state index contributed by atoms with van der Waals surface area (Å²) in [7, 11) is 1.88. The molecule has 3 aromatic heterocycles. The topological polar surface area (TPSA) is 127 Å². The van der Waals surface area contributed by atoms with Crippen LogP contribution in [0.15, 0.2) is 67.0 Å². The number of para-hydroxylation sites is 1. The van der Waals surface area contributed by atoms with Crippen LogP contribution >= 0.6 is 34.3 Å². The van der Waals surface area contributed by atoms with E-state index in [0.29, 0.717) is 25.2 Å². The normalized spacial score (nSPS) is 10.1. The number of anilines is 3. The predicted molar refractivity (Wildman–Crippen MR) is 172 cm³/mol. The molecule has 2 amide bonds. The van der Waals surface area contributed by atoms with E-state index in [1.165, 1.54) is 28.7 Å². The lowest BCUT2D eigenvalue weighted by Crippen LogP contribution is -2.12. The number of carbonyl (C=O) groups is 2. The molecule has 0 atom stereocenters. The molecule has 5 rings (SSSR count). The molecule has 0 fully saturated rings. The zero-order valence-corrected chi connectivity index (χ0v) is 26.6. The first-order chi connectivity index (χ1) is 19.9. The largest absolute Gasteiger partial charge is 0.365 e. The summed E-state index contributed by atoms with van der Waals surface area (Å²) in [5.74, 6) is 0.807. The summed E-state index contributed by atoms with van der Waals surface area (Å²) in [6, 6.07) is 17.9. The Hall–Kier alpha value is -4.19. The lowest BCUT2D eigenvalue weighted by Gasteiger charge is -2.15. The molecule has 2 aromatic carbocycles. The number of rotatable bonds is 5. The number of aryl methyl sites for hydroxylation is 5. The second-order valence-electron chi connectivity index (χ2n) is 9.18. The third kappa shape index (κ3) is 9.44. The molecule has 0 radical (unpaired) electrons. The number of carbonyl (C=O) groups excluding carboxylic acids is 2. The standard InChI is InChI=1S/C18H19N5OS.C8H10.C4H3ClN2OS/c1-11-7-5-6-8-14(11)22-17(24)15-10-19-18(25-15)23(4)16-9-12(2)20-13(3)21-16;1-7-5-3-4-6-8(7)2;5-4-7-1-2(9-4)3(6)8/h5-10H,1-4H3,(H,22,24);3-6H,1-2H3;1H,(H2,6,8). The first-order valence-electron chi connectivity index (χ1n) is 12.8. The van der Waals surface area contributed by atoms with Crippen molar-refractivity contribution in [3.63, 3.8) is 0 Å². The van der Waals surface area contributed by atoms with E-state index in [0.717, 1.165) is 34.1 Å². The lowest BCUT2D eigenvalue weighted by atomic mass is 10.1. The number of nitrogens with one attached hydrogen (secondary N) is 1. The summed E-state index contributed by atoms with van der Waals surface area (Å²) in [5, 5.41) is 3.63. The number of benzene rings is 2. The van der Waals surface area contributed by atoms with E-state index >= 15 is 0 Å². The van der Waals surface area contributed by atoms with Crippen LogP contribution in [-0.4, -0.2) is 38.8 Å². The molecule has 0 saturated heterocycles. The highest BCUT2D eigenvalue weighted by atomic mass is 35.5. The Morgan fingerprint density at radius 3 is 1.93 bits per heavy atom. The Bertz CT molecular complexity index is 1630. The van der Waals surface area contributed by atoms with Gasteiger partial charge in [-0.25, -0.2) is 19.9 Å². The van der Waals surface area contributed by atoms with E-state index < -0.39 is 5.91 Å². The van der Waals surface area contributed by atoms with Gasteiger partial charge in [0.25, 0.3) is 11.8 Å². The number of nitrogens with zero attached hydrogens (tertiary/aromatic N) is 5. The minimum atomic E-state index is -0.487. The van der Waals surface area contributed by atoms with Crippen molar-refractivity contribution >= 4 is 62.7 Å². The Kier molecular flexibility index (Phi) is 11.7. The molecule has 0 unspecified atom stereocenters. The van der Waals surface area contributed by atoms with Gasteiger partial charge in [-0.3, -0.25) is 9.59 Å². The monoisotopic (exact) mass is 621 g/mol. The van der Waals surface area contributed by atoms with Crippen molar-refractivity contribution in [3.8, 4) is 0 Å². The number of amides is 2. The maximum absolute atomic E-state index is 12.5. The maximum Gasteiger partial charge on any atom is 0.267 e. The SMILES string of the molecule is Cc1cc(N(C)c2ncc(C(=O)Nc3ccccc3C)s2)nc(C)n1.Cc1ccccc1C.NC(=O)c1cnc(Cl)s1. The highest BCUT2D eigenvalue weighted by molar-refractivity contribution is 7.17. The molecular formula is C30H32ClN7O2S2. The zero-order chi connectivity index (χ0) is 30.8. The van der Waals surface area contributed by atoms with E-state index in [1.807, 2.05) is 63.1 Å². The van der Waals surface area contributed by atoms with Crippen LogP contribution in [0.2, 0.25) is 4.47 Å². The molecule has 3 N–H and O–H groups in total. The summed E-state index contributed by atoms with van der Waals surface area (Å²) < 4.78 is 0.337. The Labute approximate surface area is 258 Å². The highest BCUT2D eigenvalue weighted by Crippen LogP contribution is 2.28. The third-order valence-corrected chi connectivity index (χ3v) is 8.04. The van der Waals surface area contributed by atoms with Crippen LogP contribution in [0, 0.1) is 34.6 Å². The molecule has 0 aliphatic carbocycles. The number of halogens is 1. The first kappa shape index (κ1) is 32.3. The molecule has 0 aliphatic heterocycles. The molecule has 0 aliphatic rings. The summed E-state index contributed by atoms with van der Waals surface area (Å²) in [6.45, 7) is 9.98. The van der Waals surface area contributed by atoms with Gasteiger partial charge in [-0.05, 0) is 57.4 Å². The molecule has 3 heterocycles. The van der Waals surface area contributed by atoms with Gasteiger partial charge in [0.15, 0.2) is 9.60 Å². The second-order valence-corrected chi connectivity index (χ2v) is 11.8. The Balaban J connectivity index is 0.000000231. The Morgan fingerprint density at radius 1 is 0.833 bits per heavy atom. The summed E-state index contributed by atoms with van der Waals surface area (Å²) >= 11 is 7.80. The third-order valence-electron chi connectivity index (χ3n) is 5.84. The van der Waals surface area contributed by atoms with Crippen LogP contribution in [-0.2, 0) is 0 Å². The maximum atomic E-state index is 12.5. The number of primary amides is 1. The van der Waals surface area contributed by atoms with Gasteiger partial charge in [0.1, 0.15) is 21.4 Å². The van der Waals surface area contributed by atoms with Crippen LogP contribution in [0.3, 0.4) is 0 Å². The molecule has 218 valence electrons. The number of hydrogen-bond donors (Lipinski definition) is 2. The summed E-state index contributed by atoms with van der Waals surface area (Å²) in [6.07, 6.45) is 2.94. The quantitative estimate of drug-likeness (QED) is 0.215. The average molecular weight is 622 g/mol. The molecule has 0 spiro atoms. The van der Waals surface area contributed by atoms with Crippen molar-refractivity contribution in [1.29, 1.82) is 0 Å². The lowest BCUT2D eigenvalue weighted by molar-refractivity contribution is 0.100. The van der Waals surface area contributed by atoms with Gasteiger partial charge in [-0.15, -0.1) is 0 Å². The number of thiazole rings is 2. The van der Waals surface area contributed by atoms with Gasteiger partial charge < -0.3 is 16.0 Å². The summed E-state index contributed by atoms with van der Waals surface area (Å²) in [5.41, 5.74) is 10.3. The minimum Gasteiger partial charge on any atom is -0.365 e. The molecule has 42 heavy (non-hydrogen) atoms. The number of aromatic nitrogens is 4. The van der Waals surface area contributed by atoms with E-state index in [-0.39, 0.29) is 5.91 Å². The fourth-order valence-corrected chi connectivity index (χ4v) is 4.99. The van der Waals surface area contributed by atoms with Crippen molar-refractivity contribution in [3.05, 3.63) is 109 Å². The second kappa shape index (κ2) is 15.2. The fourth-order valence-electron chi connectivity index (χ4n) is 3.42. The number of hydrogen-bond acceptors (Lipinski definition) is 9. The van der Waals surface area contributed by atoms with Crippen LogP contribution in [0.5, 0.6) is 0 Å². The predicted octanol–water partition coefficient (Wildman–Crippen LogP) is 7.08. The van der Waals surface area contributed by atoms with Gasteiger partial charge >= 0.3 is 0 Å². The summed E-state index contributed by atoms with van der Waals surface area (Å²) in [4.78, 5) is 42.3. The highest BCUT2D eigenvalue weighted by Gasteiger charge is 2.16. The van der Waals surface area contributed by atoms with Crippen LogP contribution in [0.4, 0.5) is 16.6 Å². The molecule has 0 saturated carbocycles. The average Bonchev–Trinajstić information content (AvgIpc) is 3.61. The zero-order valence-electron chi connectivity index (χ0n) is 24.2. The van der Waals surface area contributed by atoms with Crippen LogP contribution < -0.4 is 16.0 Å². The van der Waals surface area contributed by atoms with Gasteiger partial charge in [0, 0.05) is 24.5 Å². The van der Waals surface area contributed by atoms with E-state index in [1.54, 1.807) is 6.20 Å². The minimum absolute atomic E-state index is 0.165. The van der Waals surface area contributed by atoms with Gasteiger partial charge in [-0.1, -0.05) is 76.7 Å². The molecular weight excluding hydrogens is 590 g/mol. The van der Waals surface area contributed by atoms with Crippen LogP contribution in [0.25, 0.3) is 0 Å². The first-order valence-corrected chi connectivity index (χ1v) is 14.8. The van der Waals surface area contributed by atoms with Crippen molar-refractivity contribution in [2.24, 2.45) is 5.73 Å². The molecule has 5 aromatic rings. The van der Waals surface area contributed by atoms with E-state index in [2.05, 4.69) is 63.4 Å². The molecule has 0 bridgehead atoms. The molecule has 9 nitrogen and oxygen atoms in total. The Morgan fingerprint density at radius 2 is 1.43 bits per heavy atom. The van der Waals surface area contributed by atoms with Gasteiger partial charge in [0.05, 0.1) is 12.4 Å². The fraction of sp³-hybridized carbons (Fsp3) is 0.200. The van der Waals surface area contributed by atoms with E-state index in [4.69, 9.17) is 17.3 Å². The van der Waals surface area contributed by atoms with Crippen molar-refractivity contribution in [1.82, 2.24) is 19.9 Å².